The van der Waals surface area contributed by atoms with Gasteiger partial charge in [-0.1, -0.05) is 19.8 Å². The summed E-state index contributed by atoms with van der Waals surface area (Å²) in [6, 6.07) is 0.683. The van der Waals surface area contributed by atoms with Gasteiger partial charge in [0.2, 0.25) is 0 Å². The molecule has 1 atom stereocenters. The molecule has 0 rings (SSSR count). The molecule has 0 amide bonds. The molecule has 0 heterocycles. The number of nitrogens with zero attached hydrogens (tertiary/aromatic N) is 1. The van der Waals surface area contributed by atoms with E-state index >= 15 is 0 Å². The van der Waals surface area contributed by atoms with Crippen LogP contribution in [0.25, 0.3) is 0 Å². The third-order valence-electron chi connectivity index (χ3n) is 3.42. The van der Waals surface area contributed by atoms with Gasteiger partial charge in [-0.05, 0) is 46.3 Å². The van der Waals surface area contributed by atoms with Gasteiger partial charge in [0.05, 0.1) is 6.61 Å². The van der Waals surface area contributed by atoms with Gasteiger partial charge < -0.3 is 10.1 Å². The average molecular weight is 244 g/mol. The molecule has 17 heavy (non-hydrogen) atoms. The van der Waals surface area contributed by atoms with Crippen molar-refractivity contribution in [2.45, 2.75) is 52.0 Å². The monoisotopic (exact) mass is 244 g/mol. The minimum Gasteiger partial charge on any atom is -0.383 e. The predicted octanol–water partition coefficient (Wildman–Crippen LogP) is 2.51. The van der Waals surface area contributed by atoms with Crippen molar-refractivity contribution in [3.05, 3.63) is 0 Å². The maximum absolute atomic E-state index is 5.18. The molecule has 0 aliphatic carbocycles. The summed E-state index contributed by atoms with van der Waals surface area (Å²) in [4.78, 5) is 2.56. The Balaban J connectivity index is 3.60. The second-order valence-electron chi connectivity index (χ2n) is 4.80. The topological polar surface area (TPSA) is 24.5 Å². The zero-order valence-electron chi connectivity index (χ0n) is 12.3. The lowest BCUT2D eigenvalue weighted by molar-refractivity contribution is 0.121. The van der Waals surface area contributed by atoms with Crippen LogP contribution < -0.4 is 5.32 Å². The molecule has 0 aromatic rings. The summed E-state index contributed by atoms with van der Waals surface area (Å²) < 4.78 is 5.18. The SMILES string of the molecule is CCC(C)N(CCCCCCNC)CCOC. The molecule has 104 valence electrons. The van der Waals surface area contributed by atoms with E-state index < -0.39 is 0 Å². The van der Waals surface area contributed by atoms with Crippen LogP contribution in [0.3, 0.4) is 0 Å². The fourth-order valence-electron chi connectivity index (χ4n) is 1.99. The fourth-order valence-corrected chi connectivity index (χ4v) is 1.99. The Labute approximate surface area is 108 Å². The standard InChI is InChI=1S/C14H32N2O/c1-5-14(2)16(12-13-17-4)11-9-7-6-8-10-15-3/h14-15H,5-13H2,1-4H3. The quantitative estimate of drug-likeness (QED) is 0.534. The van der Waals surface area contributed by atoms with Crippen LogP contribution in [-0.2, 0) is 4.74 Å². The van der Waals surface area contributed by atoms with Crippen LogP contribution >= 0.6 is 0 Å². The average Bonchev–Trinajstić information content (AvgIpc) is 2.36. The van der Waals surface area contributed by atoms with Crippen LogP contribution in [0.2, 0.25) is 0 Å². The summed E-state index contributed by atoms with van der Waals surface area (Å²) >= 11 is 0. The number of hydrogen-bond donors (Lipinski definition) is 1. The second kappa shape index (κ2) is 12.3. The number of nitrogens with one attached hydrogen (secondary N) is 1. The van der Waals surface area contributed by atoms with Gasteiger partial charge in [0.15, 0.2) is 0 Å². The van der Waals surface area contributed by atoms with Gasteiger partial charge in [0, 0.05) is 19.7 Å². The molecule has 1 unspecified atom stereocenters. The summed E-state index contributed by atoms with van der Waals surface area (Å²) in [7, 11) is 3.81. The van der Waals surface area contributed by atoms with E-state index in [0.717, 1.165) is 19.7 Å². The Hall–Kier alpha value is -0.120. The summed E-state index contributed by atoms with van der Waals surface area (Å²) in [5, 5.41) is 3.20. The zero-order chi connectivity index (χ0) is 12.9. The van der Waals surface area contributed by atoms with Crippen LogP contribution in [0, 0.1) is 0 Å². The van der Waals surface area contributed by atoms with Crippen molar-refractivity contribution in [3.63, 3.8) is 0 Å². The van der Waals surface area contributed by atoms with Crippen molar-refractivity contribution in [1.82, 2.24) is 10.2 Å². The van der Waals surface area contributed by atoms with Gasteiger partial charge in [-0.15, -0.1) is 0 Å². The molecule has 0 bridgehead atoms. The van der Waals surface area contributed by atoms with Crippen LogP contribution in [0.15, 0.2) is 0 Å². The van der Waals surface area contributed by atoms with Gasteiger partial charge >= 0.3 is 0 Å². The Morgan fingerprint density at radius 2 is 1.82 bits per heavy atom. The number of hydrogen-bond acceptors (Lipinski definition) is 3. The molecule has 3 nitrogen and oxygen atoms in total. The van der Waals surface area contributed by atoms with Crippen molar-refractivity contribution >= 4 is 0 Å². The predicted molar refractivity (Wildman–Crippen MR) is 75.6 cm³/mol. The second-order valence-corrected chi connectivity index (χ2v) is 4.80. The Morgan fingerprint density at radius 1 is 1.12 bits per heavy atom. The van der Waals surface area contributed by atoms with Crippen molar-refractivity contribution < 1.29 is 4.74 Å². The normalized spacial score (nSPS) is 13.2. The van der Waals surface area contributed by atoms with E-state index in [1.165, 1.54) is 38.6 Å². The lowest BCUT2D eigenvalue weighted by Gasteiger charge is -2.28. The Morgan fingerprint density at radius 3 is 2.41 bits per heavy atom. The first kappa shape index (κ1) is 16.9. The van der Waals surface area contributed by atoms with Crippen LogP contribution in [0.1, 0.15) is 46.0 Å². The van der Waals surface area contributed by atoms with Crippen LogP contribution in [0.5, 0.6) is 0 Å². The molecule has 1 N–H and O–H groups in total. The van der Waals surface area contributed by atoms with E-state index in [-0.39, 0.29) is 0 Å². The van der Waals surface area contributed by atoms with Gasteiger partial charge in [-0.3, -0.25) is 4.90 Å². The Kier molecular flexibility index (Phi) is 12.3. The molecule has 0 saturated heterocycles. The van der Waals surface area contributed by atoms with Crippen LogP contribution in [0.4, 0.5) is 0 Å². The van der Waals surface area contributed by atoms with Gasteiger partial charge in [-0.2, -0.15) is 0 Å². The third kappa shape index (κ3) is 9.57. The van der Waals surface area contributed by atoms with E-state index in [1.54, 1.807) is 7.11 Å². The molecule has 3 heteroatoms. The summed E-state index contributed by atoms with van der Waals surface area (Å²) in [5.74, 6) is 0. The molecule has 0 spiro atoms. The summed E-state index contributed by atoms with van der Waals surface area (Å²) in [6.07, 6.45) is 6.54. The van der Waals surface area contributed by atoms with Gasteiger partial charge in [-0.25, -0.2) is 0 Å². The molecule has 0 saturated carbocycles. The summed E-state index contributed by atoms with van der Waals surface area (Å²) in [6.45, 7) is 8.87. The Bertz CT molecular complexity index is 153. The van der Waals surface area contributed by atoms with Crippen molar-refractivity contribution in [2.24, 2.45) is 0 Å². The first-order chi connectivity index (χ1) is 8.26. The maximum atomic E-state index is 5.18. The van der Waals surface area contributed by atoms with Crippen molar-refractivity contribution in [3.8, 4) is 0 Å². The lowest BCUT2D eigenvalue weighted by Crippen LogP contribution is -2.36. The van der Waals surface area contributed by atoms with E-state index in [0.29, 0.717) is 6.04 Å². The first-order valence-electron chi connectivity index (χ1n) is 7.13. The van der Waals surface area contributed by atoms with Crippen LogP contribution in [-0.4, -0.2) is 51.3 Å². The minimum atomic E-state index is 0.683. The molecule has 0 fully saturated rings. The van der Waals surface area contributed by atoms with Crippen molar-refractivity contribution in [1.29, 1.82) is 0 Å². The number of ether oxygens (including phenoxy) is 1. The maximum Gasteiger partial charge on any atom is 0.0589 e. The molecule has 0 aromatic heterocycles. The highest BCUT2D eigenvalue weighted by molar-refractivity contribution is 4.65. The molecule has 0 aromatic carbocycles. The highest BCUT2D eigenvalue weighted by Gasteiger charge is 2.10. The number of rotatable bonds is 12. The van der Waals surface area contributed by atoms with E-state index in [2.05, 4.69) is 24.1 Å². The molecular weight excluding hydrogens is 212 g/mol. The lowest BCUT2D eigenvalue weighted by atomic mass is 10.1. The molecular formula is C14H32N2O. The highest BCUT2D eigenvalue weighted by Crippen LogP contribution is 2.07. The van der Waals surface area contributed by atoms with Gasteiger partial charge in [0.1, 0.15) is 0 Å². The molecule has 0 radical (unpaired) electrons. The minimum absolute atomic E-state index is 0.683. The largest absolute Gasteiger partial charge is 0.383 e. The third-order valence-corrected chi connectivity index (χ3v) is 3.42. The van der Waals surface area contributed by atoms with Crippen molar-refractivity contribution in [2.75, 3.05) is 40.4 Å². The smallest absolute Gasteiger partial charge is 0.0589 e. The van der Waals surface area contributed by atoms with Gasteiger partial charge in [0.25, 0.3) is 0 Å². The van der Waals surface area contributed by atoms with E-state index in [4.69, 9.17) is 4.74 Å². The fraction of sp³-hybridized carbons (Fsp3) is 1.00. The van der Waals surface area contributed by atoms with E-state index in [9.17, 15) is 0 Å². The summed E-state index contributed by atoms with van der Waals surface area (Å²) in [5.41, 5.74) is 0. The number of methoxy groups -OCH3 is 1. The zero-order valence-corrected chi connectivity index (χ0v) is 12.3. The first-order valence-corrected chi connectivity index (χ1v) is 7.13. The molecule has 0 aliphatic rings. The highest BCUT2D eigenvalue weighted by atomic mass is 16.5. The number of unbranched alkanes of at least 4 members (excludes halogenated alkanes) is 3. The molecule has 0 aliphatic heterocycles. The van der Waals surface area contributed by atoms with E-state index in [1.807, 2.05) is 7.05 Å².